The van der Waals surface area contributed by atoms with Crippen molar-refractivity contribution in [1.29, 1.82) is 0 Å². The number of ether oxygens (including phenoxy) is 1. The van der Waals surface area contributed by atoms with E-state index in [1.807, 2.05) is 9.80 Å². The van der Waals surface area contributed by atoms with Crippen LogP contribution in [0.3, 0.4) is 0 Å². The van der Waals surface area contributed by atoms with Gasteiger partial charge in [0.05, 0.1) is 19.8 Å². The van der Waals surface area contributed by atoms with E-state index in [1.165, 1.54) is 0 Å². The highest BCUT2D eigenvalue weighted by Crippen LogP contribution is 2.01. The largest absolute Gasteiger partial charge is 0.395 e. The molecule has 0 aliphatic carbocycles. The van der Waals surface area contributed by atoms with Gasteiger partial charge in [0, 0.05) is 39.1 Å². The standard InChI is InChI=1S/C12H22N2O3/c1-2-4-13(6-9-15)5-3-12(16)14-7-10-17-11-8-14/h2,15H,1,3-11H2. The van der Waals surface area contributed by atoms with Gasteiger partial charge in [-0.2, -0.15) is 0 Å². The van der Waals surface area contributed by atoms with Crippen molar-refractivity contribution in [2.75, 3.05) is 52.5 Å². The maximum absolute atomic E-state index is 11.9. The molecule has 1 aliphatic heterocycles. The predicted molar refractivity (Wildman–Crippen MR) is 65.7 cm³/mol. The SMILES string of the molecule is C=CCN(CCO)CCC(=O)N1CCOCC1. The summed E-state index contributed by atoms with van der Waals surface area (Å²) < 4.78 is 5.20. The zero-order chi connectivity index (χ0) is 12.5. The van der Waals surface area contributed by atoms with Crippen molar-refractivity contribution < 1.29 is 14.6 Å². The van der Waals surface area contributed by atoms with Crippen LogP contribution in [0, 0.1) is 0 Å². The Labute approximate surface area is 103 Å². The van der Waals surface area contributed by atoms with Crippen LogP contribution in [0.1, 0.15) is 6.42 Å². The van der Waals surface area contributed by atoms with Crippen molar-refractivity contribution >= 4 is 5.91 Å². The third kappa shape index (κ3) is 5.30. The van der Waals surface area contributed by atoms with E-state index in [1.54, 1.807) is 6.08 Å². The second-order valence-corrected chi connectivity index (χ2v) is 4.06. The Kier molecular flexibility index (Phi) is 6.84. The summed E-state index contributed by atoms with van der Waals surface area (Å²) in [5.74, 6) is 0.167. The van der Waals surface area contributed by atoms with Crippen LogP contribution in [-0.2, 0) is 9.53 Å². The molecule has 1 fully saturated rings. The Morgan fingerprint density at radius 1 is 1.41 bits per heavy atom. The van der Waals surface area contributed by atoms with Gasteiger partial charge in [0.2, 0.25) is 5.91 Å². The molecule has 1 rings (SSSR count). The molecule has 98 valence electrons. The van der Waals surface area contributed by atoms with Crippen LogP contribution < -0.4 is 0 Å². The first kappa shape index (κ1) is 14.2. The number of amides is 1. The van der Waals surface area contributed by atoms with Crippen molar-refractivity contribution in [1.82, 2.24) is 9.80 Å². The summed E-state index contributed by atoms with van der Waals surface area (Å²) in [4.78, 5) is 15.7. The van der Waals surface area contributed by atoms with Crippen LogP contribution in [0.4, 0.5) is 0 Å². The highest BCUT2D eigenvalue weighted by atomic mass is 16.5. The molecule has 1 saturated heterocycles. The fraction of sp³-hybridized carbons (Fsp3) is 0.750. The summed E-state index contributed by atoms with van der Waals surface area (Å²) in [5, 5.41) is 8.89. The number of nitrogens with zero attached hydrogens (tertiary/aromatic N) is 2. The maximum Gasteiger partial charge on any atom is 0.224 e. The van der Waals surface area contributed by atoms with Crippen molar-refractivity contribution in [2.45, 2.75) is 6.42 Å². The summed E-state index contributed by atoms with van der Waals surface area (Å²) in [5.41, 5.74) is 0. The Bertz CT molecular complexity index is 240. The van der Waals surface area contributed by atoms with Crippen LogP contribution in [0.15, 0.2) is 12.7 Å². The summed E-state index contributed by atoms with van der Waals surface area (Å²) in [7, 11) is 0. The highest BCUT2D eigenvalue weighted by Gasteiger charge is 2.17. The quantitative estimate of drug-likeness (QED) is 0.624. The molecule has 0 unspecified atom stereocenters. The van der Waals surface area contributed by atoms with Crippen LogP contribution in [0.2, 0.25) is 0 Å². The molecule has 0 saturated carbocycles. The Hall–Kier alpha value is -0.910. The number of hydrogen-bond acceptors (Lipinski definition) is 4. The van der Waals surface area contributed by atoms with E-state index in [0.717, 1.165) is 0 Å². The van der Waals surface area contributed by atoms with Gasteiger partial charge < -0.3 is 14.7 Å². The average Bonchev–Trinajstić information content (AvgIpc) is 2.37. The number of morpholine rings is 1. The van der Waals surface area contributed by atoms with Gasteiger partial charge in [-0.15, -0.1) is 6.58 Å². The fourth-order valence-corrected chi connectivity index (χ4v) is 1.84. The van der Waals surface area contributed by atoms with E-state index in [0.29, 0.717) is 52.4 Å². The first-order chi connectivity index (χ1) is 8.27. The zero-order valence-electron chi connectivity index (χ0n) is 10.3. The molecular weight excluding hydrogens is 220 g/mol. The Balaban J connectivity index is 2.26. The van der Waals surface area contributed by atoms with Crippen LogP contribution in [0.25, 0.3) is 0 Å². The minimum absolute atomic E-state index is 0.111. The molecule has 0 aromatic rings. The first-order valence-electron chi connectivity index (χ1n) is 6.07. The van der Waals surface area contributed by atoms with Gasteiger partial charge in [-0.3, -0.25) is 9.69 Å². The van der Waals surface area contributed by atoms with Gasteiger partial charge in [-0.25, -0.2) is 0 Å². The van der Waals surface area contributed by atoms with Gasteiger partial charge in [0.15, 0.2) is 0 Å². The Morgan fingerprint density at radius 3 is 2.71 bits per heavy atom. The topological polar surface area (TPSA) is 53.0 Å². The molecule has 1 heterocycles. The van der Waals surface area contributed by atoms with E-state index in [9.17, 15) is 4.79 Å². The van der Waals surface area contributed by atoms with Crippen molar-refractivity contribution in [3.8, 4) is 0 Å². The number of rotatable bonds is 7. The molecule has 0 aromatic carbocycles. The lowest BCUT2D eigenvalue weighted by Gasteiger charge is -2.28. The smallest absolute Gasteiger partial charge is 0.224 e. The van der Waals surface area contributed by atoms with Crippen LogP contribution in [-0.4, -0.2) is 73.4 Å². The molecule has 0 spiro atoms. The minimum Gasteiger partial charge on any atom is -0.395 e. The van der Waals surface area contributed by atoms with Gasteiger partial charge in [0.1, 0.15) is 0 Å². The summed E-state index contributed by atoms with van der Waals surface area (Å²) >= 11 is 0. The molecule has 17 heavy (non-hydrogen) atoms. The Morgan fingerprint density at radius 2 is 2.12 bits per heavy atom. The zero-order valence-corrected chi connectivity index (χ0v) is 10.3. The fourth-order valence-electron chi connectivity index (χ4n) is 1.84. The van der Waals surface area contributed by atoms with Crippen molar-refractivity contribution in [2.24, 2.45) is 0 Å². The molecule has 5 heteroatoms. The summed E-state index contributed by atoms with van der Waals surface area (Å²) in [6, 6.07) is 0. The van der Waals surface area contributed by atoms with E-state index in [2.05, 4.69) is 6.58 Å². The number of aliphatic hydroxyl groups excluding tert-OH is 1. The maximum atomic E-state index is 11.9. The lowest BCUT2D eigenvalue weighted by atomic mass is 10.3. The van der Waals surface area contributed by atoms with E-state index >= 15 is 0 Å². The number of carbonyl (C=O) groups excluding carboxylic acids is 1. The lowest BCUT2D eigenvalue weighted by molar-refractivity contribution is -0.135. The third-order valence-electron chi connectivity index (χ3n) is 2.81. The average molecular weight is 242 g/mol. The van der Waals surface area contributed by atoms with Crippen LogP contribution >= 0.6 is 0 Å². The molecule has 0 bridgehead atoms. The molecule has 0 atom stereocenters. The summed E-state index contributed by atoms with van der Waals surface area (Å²) in [6.07, 6.45) is 2.28. The molecule has 1 amide bonds. The number of hydrogen-bond donors (Lipinski definition) is 1. The molecule has 1 N–H and O–H groups in total. The van der Waals surface area contributed by atoms with Gasteiger partial charge in [0.25, 0.3) is 0 Å². The van der Waals surface area contributed by atoms with Crippen molar-refractivity contribution in [3.63, 3.8) is 0 Å². The molecular formula is C12H22N2O3. The van der Waals surface area contributed by atoms with Gasteiger partial charge in [-0.05, 0) is 0 Å². The first-order valence-corrected chi connectivity index (χ1v) is 6.07. The van der Waals surface area contributed by atoms with Gasteiger partial charge >= 0.3 is 0 Å². The van der Waals surface area contributed by atoms with E-state index in [-0.39, 0.29) is 12.5 Å². The molecule has 0 radical (unpaired) electrons. The summed E-state index contributed by atoms with van der Waals surface area (Å²) in [6.45, 7) is 8.40. The minimum atomic E-state index is 0.111. The van der Waals surface area contributed by atoms with Crippen LogP contribution in [0.5, 0.6) is 0 Å². The monoisotopic (exact) mass is 242 g/mol. The van der Waals surface area contributed by atoms with E-state index < -0.39 is 0 Å². The van der Waals surface area contributed by atoms with Gasteiger partial charge in [-0.1, -0.05) is 6.08 Å². The molecule has 1 aliphatic rings. The normalized spacial score (nSPS) is 16.2. The molecule has 0 aromatic heterocycles. The second kappa shape index (κ2) is 8.22. The lowest BCUT2D eigenvalue weighted by Crippen LogP contribution is -2.42. The van der Waals surface area contributed by atoms with Crippen molar-refractivity contribution in [3.05, 3.63) is 12.7 Å². The van der Waals surface area contributed by atoms with E-state index in [4.69, 9.17) is 9.84 Å². The third-order valence-corrected chi connectivity index (χ3v) is 2.81. The second-order valence-electron chi connectivity index (χ2n) is 4.06. The molecule has 5 nitrogen and oxygen atoms in total. The number of aliphatic hydroxyl groups is 1. The number of carbonyl (C=O) groups is 1. The highest BCUT2D eigenvalue weighted by molar-refractivity contribution is 5.76. The predicted octanol–water partition coefficient (Wildman–Crippen LogP) is -0.284.